The molecule has 1 saturated carbocycles. The zero-order valence-electron chi connectivity index (χ0n) is 16.5. The SMILES string of the molecule is CN=C(NCCc1c(C)noc1C)NC1CCC(c2ccccc2)CC1.I. The van der Waals surface area contributed by atoms with Crippen LogP contribution < -0.4 is 10.6 Å². The van der Waals surface area contributed by atoms with Gasteiger partial charge in [0.05, 0.1) is 5.69 Å². The molecule has 0 unspecified atom stereocenters. The summed E-state index contributed by atoms with van der Waals surface area (Å²) in [5, 5.41) is 11.0. The van der Waals surface area contributed by atoms with Gasteiger partial charge < -0.3 is 15.2 Å². The molecule has 6 heteroatoms. The molecule has 1 fully saturated rings. The summed E-state index contributed by atoms with van der Waals surface area (Å²) in [5.41, 5.74) is 3.65. The van der Waals surface area contributed by atoms with Crippen LogP contribution in [0.1, 0.15) is 54.2 Å². The van der Waals surface area contributed by atoms with Crippen molar-refractivity contribution in [3.8, 4) is 0 Å². The van der Waals surface area contributed by atoms with E-state index in [2.05, 4.69) is 51.1 Å². The van der Waals surface area contributed by atoms with E-state index in [4.69, 9.17) is 4.52 Å². The fourth-order valence-electron chi connectivity index (χ4n) is 3.85. The highest BCUT2D eigenvalue weighted by Gasteiger charge is 2.22. The van der Waals surface area contributed by atoms with E-state index in [1.54, 1.807) is 0 Å². The van der Waals surface area contributed by atoms with Gasteiger partial charge in [-0.2, -0.15) is 0 Å². The summed E-state index contributed by atoms with van der Waals surface area (Å²) in [4.78, 5) is 4.38. The maximum atomic E-state index is 5.22. The van der Waals surface area contributed by atoms with Crippen molar-refractivity contribution in [2.24, 2.45) is 4.99 Å². The van der Waals surface area contributed by atoms with Crippen LogP contribution >= 0.6 is 24.0 Å². The van der Waals surface area contributed by atoms with E-state index >= 15 is 0 Å². The van der Waals surface area contributed by atoms with E-state index in [9.17, 15) is 0 Å². The highest BCUT2D eigenvalue weighted by atomic mass is 127. The Kier molecular flexibility index (Phi) is 8.60. The molecule has 148 valence electrons. The molecule has 0 spiro atoms. The van der Waals surface area contributed by atoms with E-state index in [1.807, 2.05) is 20.9 Å². The van der Waals surface area contributed by atoms with Crippen LogP contribution in [0.2, 0.25) is 0 Å². The van der Waals surface area contributed by atoms with E-state index in [1.165, 1.54) is 36.8 Å². The predicted molar refractivity (Wildman–Crippen MR) is 121 cm³/mol. The number of halogens is 1. The molecule has 0 aliphatic heterocycles. The molecule has 2 aromatic rings. The first-order valence-electron chi connectivity index (χ1n) is 9.61. The fraction of sp³-hybridized carbons (Fsp3) is 0.524. The van der Waals surface area contributed by atoms with Crippen molar-refractivity contribution in [2.45, 2.75) is 57.9 Å². The largest absolute Gasteiger partial charge is 0.361 e. The van der Waals surface area contributed by atoms with Crippen molar-refractivity contribution in [3.05, 3.63) is 52.9 Å². The molecule has 27 heavy (non-hydrogen) atoms. The Balaban J connectivity index is 0.00000261. The van der Waals surface area contributed by atoms with Crippen molar-refractivity contribution in [2.75, 3.05) is 13.6 Å². The minimum Gasteiger partial charge on any atom is -0.361 e. The van der Waals surface area contributed by atoms with Gasteiger partial charge >= 0.3 is 0 Å². The van der Waals surface area contributed by atoms with Gasteiger partial charge in [0.1, 0.15) is 5.76 Å². The minimum absolute atomic E-state index is 0. The lowest BCUT2D eigenvalue weighted by Gasteiger charge is -2.30. The van der Waals surface area contributed by atoms with Crippen molar-refractivity contribution in [3.63, 3.8) is 0 Å². The maximum Gasteiger partial charge on any atom is 0.191 e. The normalized spacial score (nSPS) is 20.0. The quantitative estimate of drug-likeness (QED) is 0.378. The lowest BCUT2D eigenvalue weighted by molar-refractivity contribution is 0.371. The Morgan fingerprint density at radius 3 is 2.44 bits per heavy atom. The summed E-state index contributed by atoms with van der Waals surface area (Å²) < 4.78 is 5.22. The van der Waals surface area contributed by atoms with Crippen LogP contribution in [0, 0.1) is 13.8 Å². The third-order valence-corrected chi connectivity index (χ3v) is 5.41. The molecular weight excluding hydrogens is 451 g/mol. The van der Waals surface area contributed by atoms with E-state index in [-0.39, 0.29) is 24.0 Å². The number of nitrogens with one attached hydrogen (secondary N) is 2. The van der Waals surface area contributed by atoms with Crippen LogP contribution in [0.3, 0.4) is 0 Å². The average Bonchev–Trinajstić information content (AvgIpc) is 3.00. The second kappa shape index (κ2) is 10.7. The third-order valence-electron chi connectivity index (χ3n) is 5.41. The fourth-order valence-corrected chi connectivity index (χ4v) is 3.85. The number of aliphatic imine (C=N–C) groups is 1. The Bertz CT molecular complexity index is 702. The average molecular weight is 482 g/mol. The number of aryl methyl sites for hydroxylation is 2. The van der Waals surface area contributed by atoms with Gasteiger partial charge in [0, 0.05) is 25.2 Å². The van der Waals surface area contributed by atoms with Crippen LogP contribution in [0.25, 0.3) is 0 Å². The Morgan fingerprint density at radius 2 is 1.85 bits per heavy atom. The molecule has 0 bridgehead atoms. The minimum atomic E-state index is 0. The lowest BCUT2D eigenvalue weighted by atomic mass is 9.82. The molecule has 1 aromatic heterocycles. The van der Waals surface area contributed by atoms with Gasteiger partial charge in [-0.1, -0.05) is 35.5 Å². The van der Waals surface area contributed by atoms with Crippen LogP contribution in [0.5, 0.6) is 0 Å². The molecule has 0 atom stereocenters. The molecule has 3 rings (SSSR count). The Hall–Kier alpha value is -1.57. The molecule has 1 aliphatic rings. The number of aromatic nitrogens is 1. The Morgan fingerprint density at radius 1 is 1.15 bits per heavy atom. The summed E-state index contributed by atoms with van der Waals surface area (Å²) in [5.74, 6) is 2.50. The van der Waals surface area contributed by atoms with Gasteiger partial charge in [-0.3, -0.25) is 4.99 Å². The number of hydrogen-bond donors (Lipinski definition) is 2. The molecular formula is C21H31IN4O. The zero-order valence-corrected chi connectivity index (χ0v) is 18.8. The van der Waals surface area contributed by atoms with Gasteiger partial charge in [0.15, 0.2) is 5.96 Å². The summed E-state index contributed by atoms with van der Waals surface area (Å²) in [6.45, 7) is 4.78. The number of guanidine groups is 1. The number of nitrogens with zero attached hydrogens (tertiary/aromatic N) is 2. The highest BCUT2D eigenvalue weighted by Crippen LogP contribution is 2.32. The monoisotopic (exact) mass is 482 g/mol. The van der Waals surface area contributed by atoms with E-state index in [0.29, 0.717) is 12.0 Å². The number of rotatable bonds is 5. The molecule has 1 aliphatic carbocycles. The van der Waals surface area contributed by atoms with Crippen molar-refractivity contribution in [1.29, 1.82) is 0 Å². The van der Waals surface area contributed by atoms with Crippen molar-refractivity contribution >= 4 is 29.9 Å². The number of benzene rings is 1. The van der Waals surface area contributed by atoms with Crippen LogP contribution in [0.15, 0.2) is 39.8 Å². The zero-order chi connectivity index (χ0) is 18.4. The summed E-state index contributed by atoms with van der Waals surface area (Å²) in [6, 6.07) is 11.4. The second-order valence-electron chi connectivity index (χ2n) is 7.16. The summed E-state index contributed by atoms with van der Waals surface area (Å²) in [6.07, 6.45) is 5.73. The molecule has 1 heterocycles. The van der Waals surface area contributed by atoms with Crippen LogP contribution in [-0.2, 0) is 6.42 Å². The molecule has 2 N–H and O–H groups in total. The van der Waals surface area contributed by atoms with Crippen molar-refractivity contribution in [1.82, 2.24) is 15.8 Å². The molecule has 5 nitrogen and oxygen atoms in total. The molecule has 1 aromatic carbocycles. The van der Waals surface area contributed by atoms with Crippen LogP contribution in [-0.4, -0.2) is 30.8 Å². The first-order chi connectivity index (χ1) is 12.7. The van der Waals surface area contributed by atoms with E-state index in [0.717, 1.165) is 30.4 Å². The van der Waals surface area contributed by atoms with E-state index < -0.39 is 0 Å². The van der Waals surface area contributed by atoms with Crippen molar-refractivity contribution < 1.29 is 4.52 Å². The first-order valence-corrected chi connectivity index (χ1v) is 9.61. The van der Waals surface area contributed by atoms with Gasteiger partial charge in [0.25, 0.3) is 0 Å². The Labute approximate surface area is 179 Å². The second-order valence-corrected chi connectivity index (χ2v) is 7.16. The summed E-state index contributed by atoms with van der Waals surface area (Å²) in [7, 11) is 1.83. The molecule has 0 radical (unpaired) electrons. The first kappa shape index (κ1) is 21.7. The standard InChI is InChI=1S/C21H30N4O.HI/c1-15-20(16(2)26-25-15)13-14-23-21(22-3)24-19-11-9-18(10-12-19)17-7-5-4-6-8-17;/h4-8,18-19H,9-14H2,1-3H3,(H2,22,23,24);1H. The van der Waals surface area contributed by atoms with Gasteiger partial charge in [0.2, 0.25) is 0 Å². The smallest absolute Gasteiger partial charge is 0.191 e. The highest BCUT2D eigenvalue weighted by molar-refractivity contribution is 14.0. The van der Waals surface area contributed by atoms with Gasteiger partial charge in [-0.25, -0.2) is 0 Å². The maximum absolute atomic E-state index is 5.22. The third kappa shape index (κ3) is 5.96. The molecule has 0 saturated heterocycles. The number of hydrogen-bond acceptors (Lipinski definition) is 3. The molecule has 0 amide bonds. The van der Waals surface area contributed by atoms with Gasteiger partial charge in [-0.05, 0) is 57.4 Å². The van der Waals surface area contributed by atoms with Gasteiger partial charge in [-0.15, -0.1) is 24.0 Å². The predicted octanol–water partition coefficient (Wildman–Crippen LogP) is 4.34. The van der Waals surface area contributed by atoms with Crippen LogP contribution in [0.4, 0.5) is 0 Å². The topological polar surface area (TPSA) is 62.5 Å². The summed E-state index contributed by atoms with van der Waals surface area (Å²) >= 11 is 0. The lowest BCUT2D eigenvalue weighted by Crippen LogP contribution is -2.45.